The summed E-state index contributed by atoms with van der Waals surface area (Å²) >= 11 is 0. The highest BCUT2D eigenvalue weighted by atomic mass is 15.1. The molecule has 12 rings (SSSR count). The van der Waals surface area contributed by atoms with Crippen molar-refractivity contribution in [3.8, 4) is 61.3 Å². The average molecular weight is 859 g/mol. The van der Waals surface area contributed by atoms with Crippen LogP contribution in [-0.2, 0) is 5.41 Å². The van der Waals surface area contributed by atoms with Gasteiger partial charge in [-0.15, -0.1) is 0 Å². The summed E-state index contributed by atoms with van der Waals surface area (Å²) in [6.07, 6.45) is 0. The van der Waals surface area contributed by atoms with Crippen LogP contribution in [0, 0.1) is 13.8 Å². The number of rotatable bonds is 8. The van der Waals surface area contributed by atoms with Crippen LogP contribution in [0.1, 0.15) is 36.1 Å². The van der Waals surface area contributed by atoms with Gasteiger partial charge in [0.25, 0.3) is 0 Å². The summed E-state index contributed by atoms with van der Waals surface area (Å²) in [5.74, 6) is 0. The van der Waals surface area contributed by atoms with Crippen LogP contribution in [0.5, 0.6) is 0 Å². The van der Waals surface area contributed by atoms with Crippen molar-refractivity contribution in [3.05, 3.63) is 253 Å². The van der Waals surface area contributed by atoms with Crippen molar-refractivity contribution in [2.45, 2.75) is 33.1 Å². The Morgan fingerprint density at radius 3 is 1.39 bits per heavy atom. The number of benzene rings is 10. The van der Waals surface area contributed by atoms with E-state index < -0.39 is 0 Å². The zero-order chi connectivity index (χ0) is 45.2. The van der Waals surface area contributed by atoms with Crippen molar-refractivity contribution < 1.29 is 0 Å². The van der Waals surface area contributed by atoms with Crippen molar-refractivity contribution >= 4 is 38.9 Å². The average Bonchev–Trinajstić information content (AvgIpc) is 3.82. The van der Waals surface area contributed by atoms with Gasteiger partial charge in [0.05, 0.1) is 11.0 Å². The molecule has 0 aliphatic heterocycles. The SMILES string of the molecule is Cc1ccc(N(c2ccc(-c3ccc4c(c3)C(C)(C)c3cc(C)ccc3-4)cc2)c2ccc(-c3ccc4c5ccccc5n(-c5cc(-c6ccccc6)cc(-c6ccccc6)c5)c4c3)cc2)cc1. The normalized spacial score (nSPS) is 12.6. The predicted octanol–water partition coefficient (Wildman–Crippen LogP) is 17.8. The smallest absolute Gasteiger partial charge is 0.0547 e. The van der Waals surface area contributed by atoms with E-state index in [4.69, 9.17) is 0 Å². The first kappa shape index (κ1) is 40.3. The molecule has 2 heteroatoms. The molecule has 11 aromatic rings. The maximum Gasteiger partial charge on any atom is 0.0547 e. The van der Waals surface area contributed by atoms with Gasteiger partial charge in [0.15, 0.2) is 0 Å². The third kappa shape index (κ3) is 7.05. The molecule has 0 bridgehead atoms. The van der Waals surface area contributed by atoms with E-state index in [-0.39, 0.29) is 5.41 Å². The zero-order valence-corrected chi connectivity index (χ0v) is 38.3. The Labute approximate surface area is 393 Å². The molecule has 1 aliphatic rings. The van der Waals surface area contributed by atoms with Crippen molar-refractivity contribution in [2.24, 2.45) is 0 Å². The molecule has 1 heterocycles. The standard InChI is InChI=1S/C65H50N2/c1-43-19-28-53(29-20-43)66(54-30-22-47(23-31-54)49-26-35-58-57-34-21-44(2)37-61(57)65(3,4)62(58)41-49)55-32-24-48(25-33-55)50-27-36-60-59-17-11-12-18-63(59)67(64(60)42-50)56-39-51(45-13-7-5-8-14-45)38-52(40-56)46-15-9-6-10-16-46/h5-42H,1-4H3. The maximum atomic E-state index is 2.45. The van der Waals surface area contributed by atoms with Crippen molar-refractivity contribution in [3.63, 3.8) is 0 Å². The third-order valence-corrected chi connectivity index (χ3v) is 14.1. The highest BCUT2D eigenvalue weighted by Gasteiger charge is 2.35. The van der Waals surface area contributed by atoms with Gasteiger partial charge in [-0.1, -0.05) is 183 Å². The lowest BCUT2D eigenvalue weighted by Gasteiger charge is -2.26. The van der Waals surface area contributed by atoms with E-state index in [0.717, 1.165) is 22.7 Å². The largest absolute Gasteiger partial charge is 0.311 e. The molecule has 0 atom stereocenters. The monoisotopic (exact) mass is 858 g/mol. The summed E-state index contributed by atoms with van der Waals surface area (Å²) in [5.41, 5.74) is 24.4. The van der Waals surface area contributed by atoms with Crippen LogP contribution in [0.4, 0.5) is 17.1 Å². The van der Waals surface area contributed by atoms with Gasteiger partial charge >= 0.3 is 0 Å². The fraction of sp³-hybridized carbons (Fsp3) is 0.0769. The first-order chi connectivity index (χ1) is 32.8. The quantitative estimate of drug-likeness (QED) is 0.148. The van der Waals surface area contributed by atoms with Crippen molar-refractivity contribution in [1.29, 1.82) is 0 Å². The Kier molecular flexibility index (Phi) is 9.66. The van der Waals surface area contributed by atoms with Crippen LogP contribution >= 0.6 is 0 Å². The second-order valence-corrected chi connectivity index (χ2v) is 18.8. The Morgan fingerprint density at radius 1 is 0.328 bits per heavy atom. The third-order valence-electron chi connectivity index (χ3n) is 14.1. The molecule has 0 amide bonds. The van der Waals surface area contributed by atoms with Crippen LogP contribution in [-0.4, -0.2) is 4.57 Å². The lowest BCUT2D eigenvalue weighted by atomic mass is 9.81. The molecule has 0 N–H and O–H groups in total. The van der Waals surface area contributed by atoms with Crippen LogP contribution < -0.4 is 4.90 Å². The first-order valence-electron chi connectivity index (χ1n) is 23.4. The van der Waals surface area contributed by atoms with E-state index in [1.54, 1.807) is 0 Å². The molecule has 0 saturated carbocycles. The summed E-state index contributed by atoms with van der Waals surface area (Å²) in [6.45, 7) is 9.06. The number of para-hydroxylation sites is 1. The minimum Gasteiger partial charge on any atom is -0.311 e. The number of aromatic nitrogens is 1. The molecule has 0 spiro atoms. The molecule has 2 nitrogen and oxygen atoms in total. The molecule has 0 unspecified atom stereocenters. The Balaban J connectivity index is 0.916. The minimum absolute atomic E-state index is 0.0493. The summed E-state index contributed by atoms with van der Waals surface area (Å²) in [4.78, 5) is 2.36. The molecule has 0 radical (unpaired) electrons. The fourth-order valence-corrected chi connectivity index (χ4v) is 10.5. The summed E-state index contributed by atoms with van der Waals surface area (Å²) in [7, 11) is 0. The van der Waals surface area contributed by atoms with Gasteiger partial charge in [-0.05, 0) is 153 Å². The molecular formula is C65H50N2. The molecule has 10 aromatic carbocycles. The highest BCUT2D eigenvalue weighted by Crippen LogP contribution is 2.50. The van der Waals surface area contributed by atoms with Crippen LogP contribution in [0.3, 0.4) is 0 Å². The molecular weight excluding hydrogens is 809 g/mol. The first-order valence-corrected chi connectivity index (χ1v) is 23.4. The van der Waals surface area contributed by atoms with Crippen LogP contribution in [0.2, 0.25) is 0 Å². The topological polar surface area (TPSA) is 8.17 Å². The van der Waals surface area contributed by atoms with E-state index in [1.807, 2.05) is 0 Å². The van der Waals surface area contributed by atoms with Crippen LogP contribution in [0.15, 0.2) is 231 Å². The van der Waals surface area contributed by atoms with Gasteiger partial charge in [-0.2, -0.15) is 0 Å². The number of hydrogen-bond donors (Lipinski definition) is 0. The minimum atomic E-state index is -0.0493. The van der Waals surface area contributed by atoms with Crippen molar-refractivity contribution in [2.75, 3.05) is 4.90 Å². The number of aryl methyl sites for hydroxylation is 2. The second-order valence-electron chi connectivity index (χ2n) is 18.8. The molecule has 67 heavy (non-hydrogen) atoms. The van der Waals surface area contributed by atoms with Crippen LogP contribution in [0.25, 0.3) is 83.1 Å². The zero-order valence-electron chi connectivity index (χ0n) is 38.3. The number of hydrogen-bond acceptors (Lipinski definition) is 1. The molecule has 1 aliphatic carbocycles. The molecule has 1 aromatic heterocycles. The fourth-order valence-electron chi connectivity index (χ4n) is 10.5. The highest BCUT2D eigenvalue weighted by molar-refractivity contribution is 6.10. The molecule has 0 fully saturated rings. The number of nitrogens with zero attached hydrogens (tertiary/aromatic N) is 2. The second kappa shape index (κ2) is 16.0. The van der Waals surface area contributed by atoms with E-state index >= 15 is 0 Å². The van der Waals surface area contributed by atoms with E-state index in [1.165, 1.54) is 99.7 Å². The summed E-state index contributed by atoms with van der Waals surface area (Å²) in [5, 5.41) is 2.48. The molecule has 320 valence electrons. The lowest BCUT2D eigenvalue weighted by Crippen LogP contribution is -2.15. The maximum absolute atomic E-state index is 2.45. The number of anilines is 3. The van der Waals surface area contributed by atoms with Gasteiger partial charge < -0.3 is 9.47 Å². The summed E-state index contributed by atoms with van der Waals surface area (Å²) < 4.78 is 2.45. The Bertz CT molecular complexity index is 3580. The van der Waals surface area contributed by atoms with Gasteiger partial charge in [0.2, 0.25) is 0 Å². The van der Waals surface area contributed by atoms with Crippen molar-refractivity contribution in [1.82, 2.24) is 4.57 Å². The van der Waals surface area contributed by atoms with E-state index in [0.29, 0.717) is 0 Å². The predicted molar refractivity (Wildman–Crippen MR) is 284 cm³/mol. The lowest BCUT2D eigenvalue weighted by molar-refractivity contribution is 0.660. The number of fused-ring (bicyclic) bond motifs is 6. The summed E-state index contributed by atoms with van der Waals surface area (Å²) in [6, 6.07) is 85.1. The van der Waals surface area contributed by atoms with E-state index in [9.17, 15) is 0 Å². The molecule has 0 saturated heterocycles. The van der Waals surface area contributed by atoms with Gasteiger partial charge in [0, 0.05) is 38.9 Å². The van der Waals surface area contributed by atoms with Gasteiger partial charge in [-0.25, -0.2) is 0 Å². The van der Waals surface area contributed by atoms with E-state index in [2.05, 4.69) is 268 Å². The van der Waals surface area contributed by atoms with Gasteiger partial charge in [-0.3, -0.25) is 0 Å². The van der Waals surface area contributed by atoms with Gasteiger partial charge in [0.1, 0.15) is 0 Å². The Hall–Kier alpha value is -8.20. The Morgan fingerprint density at radius 2 is 0.776 bits per heavy atom.